The Kier molecular flexibility index (Phi) is 6.17. The lowest BCUT2D eigenvalue weighted by Gasteiger charge is -2.18. The summed E-state index contributed by atoms with van der Waals surface area (Å²) < 4.78 is 27.5. The van der Waals surface area contributed by atoms with Crippen LogP contribution in [0.3, 0.4) is 0 Å². The summed E-state index contributed by atoms with van der Waals surface area (Å²) in [5.41, 5.74) is 0.355. The summed E-state index contributed by atoms with van der Waals surface area (Å²) in [6.07, 6.45) is -1.22. The van der Waals surface area contributed by atoms with Crippen LogP contribution in [-0.4, -0.2) is 60.5 Å². The number of carbonyl (C=O) groups is 3. The van der Waals surface area contributed by atoms with Crippen LogP contribution in [0.2, 0.25) is 5.15 Å². The molecule has 0 N–H and O–H groups in total. The number of para-hydroxylation sites is 1. The van der Waals surface area contributed by atoms with Crippen LogP contribution in [0.4, 0.5) is 0 Å². The van der Waals surface area contributed by atoms with Gasteiger partial charge in [-0.1, -0.05) is 23.7 Å². The van der Waals surface area contributed by atoms with Crippen molar-refractivity contribution >= 4 is 29.5 Å². The quantitative estimate of drug-likeness (QED) is 0.387. The standard InChI is InChI=1S/C21H18ClNO8/c1-11(24)29-14-5-3-2-4-13(14)21(26)31-16-10-28-18-15(9-27-19(16)18)30-20(25)12-6-7-17(22)23-8-12/h2-8,15-16,18-19H,9-10H2,1H3/t15-,16+,18-,19-/m1/s1. The first-order chi connectivity index (χ1) is 14.9. The maximum absolute atomic E-state index is 12.6. The number of fused-ring (bicyclic) bond motifs is 1. The monoisotopic (exact) mass is 447 g/mol. The molecule has 3 heterocycles. The number of hydrogen-bond acceptors (Lipinski definition) is 9. The molecule has 31 heavy (non-hydrogen) atoms. The number of carbonyl (C=O) groups excluding carboxylic acids is 3. The molecule has 162 valence electrons. The van der Waals surface area contributed by atoms with Crippen molar-refractivity contribution in [2.75, 3.05) is 13.2 Å². The van der Waals surface area contributed by atoms with Gasteiger partial charge < -0.3 is 23.7 Å². The van der Waals surface area contributed by atoms with E-state index in [-0.39, 0.29) is 35.2 Å². The zero-order chi connectivity index (χ0) is 22.0. The lowest BCUT2D eigenvalue weighted by atomic mass is 10.1. The van der Waals surface area contributed by atoms with E-state index < -0.39 is 42.3 Å². The van der Waals surface area contributed by atoms with Crippen LogP contribution in [0, 0.1) is 0 Å². The average molecular weight is 448 g/mol. The lowest BCUT2D eigenvalue weighted by Crippen LogP contribution is -2.36. The minimum absolute atomic E-state index is 0.0767. The molecular weight excluding hydrogens is 430 g/mol. The number of hydrogen-bond donors (Lipinski definition) is 0. The van der Waals surface area contributed by atoms with Crippen LogP contribution in [-0.2, 0) is 23.7 Å². The minimum Gasteiger partial charge on any atom is -0.453 e. The van der Waals surface area contributed by atoms with E-state index in [0.717, 1.165) is 0 Å². The van der Waals surface area contributed by atoms with Crippen LogP contribution in [0.5, 0.6) is 5.75 Å². The molecule has 0 unspecified atom stereocenters. The molecule has 0 bridgehead atoms. The molecule has 9 nitrogen and oxygen atoms in total. The number of rotatable bonds is 5. The lowest BCUT2D eigenvalue weighted by molar-refractivity contribution is -0.131. The van der Waals surface area contributed by atoms with E-state index >= 15 is 0 Å². The molecule has 0 saturated carbocycles. The predicted octanol–water partition coefficient (Wildman–Crippen LogP) is 2.21. The average Bonchev–Trinajstić information content (AvgIpc) is 3.32. The fourth-order valence-electron chi connectivity index (χ4n) is 3.41. The number of pyridine rings is 1. The van der Waals surface area contributed by atoms with E-state index in [1.54, 1.807) is 12.1 Å². The van der Waals surface area contributed by atoms with E-state index in [9.17, 15) is 14.4 Å². The summed E-state index contributed by atoms with van der Waals surface area (Å²) in [5, 5.41) is 0.264. The fraction of sp³-hybridized carbons (Fsp3) is 0.333. The zero-order valence-corrected chi connectivity index (χ0v) is 17.1. The number of benzene rings is 1. The highest BCUT2D eigenvalue weighted by molar-refractivity contribution is 6.29. The fourth-order valence-corrected chi connectivity index (χ4v) is 3.53. The van der Waals surface area contributed by atoms with Crippen LogP contribution < -0.4 is 4.74 Å². The molecule has 2 aliphatic rings. The molecule has 0 spiro atoms. The van der Waals surface area contributed by atoms with E-state index in [0.29, 0.717) is 0 Å². The molecule has 2 saturated heterocycles. The molecule has 0 amide bonds. The summed E-state index contributed by atoms with van der Waals surface area (Å²) in [6.45, 7) is 1.42. The second kappa shape index (κ2) is 9.01. The number of halogens is 1. The smallest absolute Gasteiger partial charge is 0.342 e. The van der Waals surface area contributed by atoms with E-state index in [2.05, 4.69) is 4.98 Å². The number of ether oxygens (including phenoxy) is 5. The Morgan fingerprint density at radius 3 is 2.23 bits per heavy atom. The summed E-state index contributed by atoms with van der Waals surface area (Å²) >= 11 is 5.73. The Labute approximate surface area is 182 Å². The van der Waals surface area contributed by atoms with Gasteiger partial charge in [0.15, 0.2) is 12.2 Å². The van der Waals surface area contributed by atoms with Gasteiger partial charge in [-0.05, 0) is 24.3 Å². The highest BCUT2D eigenvalue weighted by Crippen LogP contribution is 2.32. The molecule has 0 radical (unpaired) electrons. The summed E-state index contributed by atoms with van der Waals surface area (Å²) in [4.78, 5) is 40.1. The third kappa shape index (κ3) is 4.68. The maximum Gasteiger partial charge on any atom is 0.342 e. The van der Waals surface area contributed by atoms with Crippen molar-refractivity contribution in [3.63, 3.8) is 0 Å². The van der Waals surface area contributed by atoms with Crippen molar-refractivity contribution in [1.82, 2.24) is 4.98 Å². The van der Waals surface area contributed by atoms with Crippen molar-refractivity contribution in [1.29, 1.82) is 0 Å². The van der Waals surface area contributed by atoms with Crippen molar-refractivity contribution in [3.8, 4) is 5.75 Å². The molecule has 4 atom stereocenters. The molecule has 0 aliphatic carbocycles. The molecule has 2 aliphatic heterocycles. The SMILES string of the molecule is CC(=O)Oc1ccccc1C(=O)O[C@H]1CO[C@H]2[C@@H]1OC[C@H]2OC(=O)c1ccc(Cl)nc1. The van der Waals surface area contributed by atoms with Gasteiger partial charge in [-0.2, -0.15) is 0 Å². The Morgan fingerprint density at radius 1 is 0.968 bits per heavy atom. The molecule has 1 aromatic heterocycles. The summed E-state index contributed by atoms with van der Waals surface area (Å²) in [6, 6.07) is 9.25. The zero-order valence-electron chi connectivity index (χ0n) is 16.4. The number of esters is 3. The summed E-state index contributed by atoms with van der Waals surface area (Å²) in [7, 11) is 0. The Hall–Kier alpha value is -3.01. The molecule has 1 aromatic carbocycles. The van der Waals surface area contributed by atoms with Gasteiger partial charge in [0.25, 0.3) is 0 Å². The van der Waals surface area contributed by atoms with Crippen LogP contribution >= 0.6 is 11.6 Å². The van der Waals surface area contributed by atoms with Gasteiger partial charge in [0.1, 0.15) is 28.7 Å². The van der Waals surface area contributed by atoms with Gasteiger partial charge in [0.05, 0.1) is 18.8 Å². The van der Waals surface area contributed by atoms with Crippen LogP contribution in [0.1, 0.15) is 27.6 Å². The second-order valence-corrected chi connectivity index (χ2v) is 7.33. The first kappa shape index (κ1) is 21.2. The normalized spacial score (nSPS) is 24.3. The van der Waals surface area contributed by atoms with E-state index in [1.165, 1.54) is 37.4 Å². The van der Waals surface area contributed by atoms with Crippen LogP contribution in [0.25, 0.3) is 0 Å². The van der Waals surface area contributed by atoms with E-state index in [4.69, 9.17) is 35.3 Å². The Balaban J connectivity index is 1.38. The highest BCUT2D eigenvalue weighted by Gasteiger charge is 2.51. The molecule has 2 fully saturated rings. The molecular formula is C21H18ClNO8. The molecule has 10 heteroatoms. The third-order valence-corrected chi connectivity index (χ3v) is 5.03. The van der Waals surface area contributed by atoms with Gasteiger partial charge >= 0.3 is 17.9 Å². The minimum atomic E-state index is -0.705. The van der Waals surface area contributed by atoms with E-state index in [1.807, 2.05) is 0 Å². The largest absolute Gasteiger partial charge is 0.453 e. The number of aromatic nitrogens is 1. The van der Waals surface area contributed by atoms with Gasteiger partial charge in [0, 0.05) is 13.1 Å². The van der Waals surface area contributed by atoms with Crippen molar-refractivity contribution in [2.45, 2.75) is 31.3 Å². The van der Waals surface area contributed by atoms with Crippen molar-refractivity contribution in [2.24, 2.45) is 0 Å². The van der Waals surface area contributed by atoms with Gasteiger partial charge in [-0.15, -0.1) is 0 Å². The Bertz CT molecular complexity index is 995. The van der Waals surface area contributed by atoms with Crippen LogP contribution in [0.15, 0.2) is 42.6 Å². The predicted molar refractivity (Wildman–Crippen MR) is 105 cm³/mol. The number of nitrogens with zero attached hydrogens (tertiary/aromatic N) is 1. The Morgan fingerprint density at radius 2 is 1.61 bits per heavy atom. The molecule has 2 aromatic rings. The first-order valence-electron chi connectivity index (χ1n) is 9.46. The topological polar surface area (TPSA) is 110 Å². The summed E-state index contributed by atoms with van der Waals surface area (Å²) in [5.74, 6) is -1.71. The van der Waals surface area contributed by atoms with Gasteiger partial charge in [0.2, 0.25) is 0 Å². The first-order valence-corrected chi connectivity index (χ1v) is 9.84. The van der Waals surface area contributed by atoms with Crippen molar-refractivity contribution in [3.05, 3.63) is 58.9 Å². The van der Waals surface area contributed by atoms with Gasteiger partial charge in [-0.25, -0.2) is 14.6 Å². The highest BCUT2D eigenvalue weighted by atomic mass is 35.5. The molecule has 4 rings (SSSR count). The maximum atomic E-state index is 12.6. The van der Waals surface area contributed by atoms with Gasteiger partial charge in [-0.3, -0.25) is 4.79 Å². The van der Waals surface area contributed by atoms with Crippen molar-refractivity contribution < 1.29 is 38.1 Å². The third-order valence-electron chi connectivity index (χ3n) is 4.80. The second-order valence-electron chi connectivity index (χ2n) is 6.94.